The van der Waals surface area contributed by atoms with E-state index in [1.165, 1.54) is 19.3 Å². The third-order valence-corrected chi connectivity index (χ3v) is 7.66. The Morgan fingerprint density at radius 2 is 1.43 bits per heavy atom. The molecule has 0 spiro atoms. The highest BCUT2D eigenvalue weighted by molar-refractivity contribution is 6.60. The van der Waals surface area contributed by atoms with Crippen LogP contribution in [0.25, 0.3) is 0 Å². The van der Waals surface area contributed by atoms with E-state index in [9.17, 15) is 0 Å². The molecule has 0 bridgehead atoms. The molecule has 0 aromatic heterocycles. The smallest absolute Gasteiger partial charge is 0.377 e. The first-order valence-electron chi connectivity index (χ1n) is 7.84. The first-order chi connectivity index (χ1) is 9.64. The fourth-order valence-corrected chi connectivity index (χ4v) is 5.68. The molecular formula is C15H34N2O3Si. The van der Waals surface area contributed by atoms with Crippen molar-refractivity contribution in [2.45, 2.75) is 76.7 Å². The van der Waals surface area contributed by atoms with Gasteiger partial charge in [-0.3, -0.25) is 4.90 Å². The molecule has 0 amide bonds. The van der Waals surface area contributed by atoms with Gasteiger partial charge in [-0.05, 0) is 53.4 Å². The summed E-state index contributed by atoms with van der Waals surface area (Å²) in [6, 6.07) is 0.736. The SMILES string of the molecule is CO[Si](CCC(N)N1C(C)(C)CCCC1(C)C)(OC)OC. The molecule has 1 aliphatic rings. The molecule has 1 saturated heterocycles. The molecule has 1 fully saturated rings. The van der Waals surface area contributed by atoms with Crippen LogP contribution in [0.3, 0.4) is 0 Å². The summed E-state index contributed by atoms with van der Waals surface area (Å²) in [7, 11) is 2.41. The maximum Gasteiger partial charge on any atom is 0.500 e. The molecule has 1 unspecified atom stereocenters. The Morgan fingerprint density at radius 1 is 1.00 bits per heavy atom. The Kier molecular flexibility index (Phi) is 6.41. The van der Waals surface area contributed by atoms with Crippen LogP contribution in [0, 0.1) is 0 Å². The largest absolute Gasteiger partial charge is 0.500 e. The Hall–Kier alpha value is 0.0169. The minimum absolute atomic E-state index is 0.0115. The van der Waals surface area contributed by atoms with Crippen molar-refractivity contribution in [3.63, 3.8) is 0 Å². The molecular weight excluding hydrogens is 284 g/mol. The Morgan fingerprint density at radius 3 is 1.81 bits per heavy atom. The number of nitrogens with two attached hydrogens (primary N) is 1. The number of hydrogen-bond donors (Lipinski definition) is 1. The highest BCUT2D eigenvalue weighted by Crippen LogP contribution is 2.39. The van der Waals surface area contributed by atoms with Gasteiger partial charge in [0, 0.05) is 38.5 Å². The fourth-order valence-electron chi connectivity index (χ4n) is 3.92. The van der Waals surface area contributed by atoms with Crippen LogP contribution in [0.15, 0.2) is 0 Å². The summed E-state index contributed by atoms with van der Waals surface area (Å²) in [6.45, 7) is 9.17. The van der Waals surface area contributed by atoms with Gasteiger partial charge >= 0.3 is 8.80 Å². The lowest BCUT2D eigenvalue weighted by Crippen LogP contribution is -2.65. The van der Waals surface area contributed by atoms with Gasteiger partial charge in [0.1, 0.15) is 0 Å². The Balaban J connectivity index is 2.79. The van der Waals surface area contributed by atoms with E-state index in [0.717, 1.165) is 12.5 Å². The maximum absolute atomic E-state index is 6.55. The zero-order valence-corrected chi connectivity index (χ0v) is 15.9. The van der Waals surface area contributed by atoms with Gasteiger partial charge in [-0.15, -0.1) is 0 Å². The third-order valence-electron chi connectivity index (χ3n) is 4.89. The molecule has 0 saturated carbocycles. The van der Waals surface area contributed by atoms with Crippen molar-refractivity contribution in [1.29, 1.82) is 0 Å². The van der Waals surface area contributed by atoms with Gasteiger partial charge in [-0.25, -0.2) is 0 Å². The summed E-state index contributed by atoms with van der Waals surface area (Å²) in [5.74, 6) is 0. The first-order valence-corrected chi connectivity index (χ1v) is 9.78. The second-order valence-corrected chi connectivity index (χ2v) is 10.3. The average molecular weight is 319 g/mol. The molecule has 0 radical (unpaired) electrons. The maximum atomic E-state index is 6.55. The minimum atomic E-state index is -2.54. The number of nitrogens with zero attached hydrogens (tertiary/aromatic N) is 1. The summed E-state index contributed by atoms with van der Waals surface area (Å²) in [5, 5.41) is 0. The van der Waals surface area contributed by atoms with Gasteiger partial charge in [-0.1, -0.05) is 0 Å². The predicted octanol–water partition coefficient (Wildman–Crippen LogP) is 2.58. The second-order valence-electron chi connectivity index (χ2n) is 7.25. The predicted molar refractivity (Wildman–Crippen MR) is 88.0 cm³/mol. The van der Waals surface area contributed by atoms with Crippen LogP contribution < -0.4 is 5.73 Å². The van der Waals surface area contributed by atoms with Gasteiger partial charge in [0.2, 0.25) is 0 Å². The average Bonchev–Trinajstić information content (AvgIpc) is 2.38. The normalized spacial score (nSPS) is 24.0. The van der Waals surface area contributed by atoms with Crippen LogP contribution in [0.5, 0.6) is 0 Å². The molecule has 1 rings (SSSR count). The van der Waals surface area contributed by atoms with E-state index >= 15 is 0 Å². The summed E-state index contributed by atoms with van der Waals surface area (Å²) in [5.41, 5.74) is 6.80. The van der Waals surface area contributed by atoms with Crippen molar-refractivity contribution < 1.29 is 13.3 Å². The van der Waals surface area contributed by atoms with Gasteiger partial charge < -0.3 is 19.0 Å². The van der Waals surface area contributed by atoms with Crippen LogP contribution in [0.4, 0.5) is 0 Å². The van der Waals surface area contributed by atoms with E-state index in [4.69, 9.17) is 19.0 Å². The molecule has 6 heteroatoms. The highest BCUT2D eigenvalue weighted by Gasteiger charge is 2.45. The second kappa shape index (κ2) is 7.06. The molecule has 1 heterocycles. The number of rotatable bonds is 7. The van der Waals surface area contributed by atoms with Crippen LogP contribution in [0.2, 0.25) is 6.04 Å². The van der Waals surface area contributed by atoms with Crippen molar-refractivity contribution in [2.24, 2.45) is 5.73 Å². The summed E-state index contributed by atoms with van der Waals surface area (Å²) < 4.78 is 16.5. The third kappa shape index (κ3) is 4.27. The lowest BCUT2D eigenvalue weighted by atomic mass is 9.79. The Labute approximate surface area is 131 Å². The first kappa shape index (κ1) is 19.1. The lowest BCUT2D eigenvalue weighted by molar-refractivity contribution is -0.0616. The van der Waals surface area contributed by atoms with Crippen LogP contribution in [0.1, 0.15) is 53.4 Å². The van der Waals surface area contributed by atoms with Crippen molar-refractivity contribution in [3.05, 3.63) is 0 Å². The molecule has 21 heavy (non-hydrogen) atoms. The molecule has 1 atom stereocenters. The molecule has 2 N–H and O–H groups in total. The quantitative estimate of drug-likeness (QED) is 0.731. The molecule has 0 aromatic rings. The Bertz CT molecular complexity index is 309. The molecule has 5 nitrogen and oxygen atoms in total. The van der Waals surface area contributed by atoms with Crippen LogP contribution in [-0.4, -0.2) is 52.3 Å². The van der Waals surface area contributed by atoms with Crippen molar-refractivity contribution in [3.8, 4) is 0 Å². The van der Waals surface area contributed by atoms with E-state index in [1.807, 2.05) is 0 Å². The standard InChI is InChI=1S/C15H34N2O3Si/c1-14(2)10-8-11-15(3,4)17(14)13(16)9-12-21(18-5,19-6)20-7/h13H,8-12,16H2,1-7H3. The number of likely N-dealkylation sites (tertiary alicyclic amines) is 1. The molecule has 0 aliphatic carbocycles. The van der Waals surface area contributed by atoms with Gasteiger partial charge in [0.05, 0.1) is 6.17 Å². The topological polar surface area (TPSA) is 57.0 Å². The van der Waals surface area contributed by atoms with Gasteiger partial charge in [0.15, 0.2) is 0 Å². The van der Waals surface area contributed by atoms with Crippen molar-refractivity contribution in [1.82, 2.24) is 4.90 Å². The van der Waals surface area contributed by atoms with Crippen molar-refractivity contribution >= 4 is 8.80 Å². The van der Waals surface area contributed by atoms with Crippen LogP contribution >= 0.6 is 0 Å². The number of piperidine rings is 1. The zero-order valence-electron chi connectivity index (χ0n) is 14.9. The van der Waals surface area contributed by atoms with E-state index in [2.05, 4.69) is 32.6 Å². The van der Waals surface area contributed by atoms with E-state index in [0.29, 0.717) is 0 Å². The molecule has 1 aliphatic heterocycles. The zero-order chi connectivity index (χ0) is 16.3. The van der Waals surface area contributed by atoms with E-state index < -0.39 is 8.80 Å². The van der Waals surface area contributed by atoms with Crippen LogP contribution in [-0.2, 0) is 13.3 Å². The monoisotopic (exact) mass is 318 g/mol. The van der Waals surface area contributed by atoms with Gasteiger partial charge in [0.25, 0.3) is 0 Å². The molecule has 0 aromatic carbocycles. The summed E-state index contributed by atoms with van der Waals surface area (Å²) in [4.78, 5) is 2.48. The molecule has 126 valence electrons. The number of hydrogen-bond acceptors (Lipinski definition) is 5. The van der Waals surface area contributed by atoms with E-state index in [-0.39, 0.29) is 17.2 Å². The van der Waals surface area contributed by atoms with E-state index in [1.54, 1.807) is 21.3 Å². The summed E-state index contributed by atoms with van der Waals surface area (Å²) in [6.07, 6.45) is 4.43. The van der Waals surface area contributed by atoms with Gasteiger partial charge in [-0.2, -0.15) is 0 Å². The summed E-state index contributed by atoms with van der Waals surface area (Å²) >= 11 is 0. The lowest BCUT2D eigenvalue weighted by Gasteiger charge is -2.55. The fraction of sp³-hybridized carbons (Fsp3) is 1.00. The highest BCUT2D eigenvalue weighted by atomic mass is 28.4. The van der Waals surface area contributed by atoms with Crippen molar-refractivity contribution in [2.75, 3.05) is 21.3 Å². The minimum Gasteiger partial charge on any atom is -0.377 e.